The summed E-state index contributed by atoms with van der Waals surface area (Å²) in [7, 11) is 0. The van der Waals surface area contributed by atoms with E-state index in [4.69, 9.17) is 0 Å². The largest absolute Gasteiger partial charge is 0.289 e. The van der Waals surface area contributed by atoms with Crippen LogP contribution in [0.3, 0.4) is 0 Å². The molecule has 68 valence electrons. The van der Waals surface area contributed by atoms with Gasteiger partial charge >= 0.3 is 0 Å². The van der Waals surface area contributed by atoms with Crippen LogP contribution in [0.15, 0.2) is 9.98 Å². The number of rotatable bonds is 3. The summed E-state index contributed by atoms with van der Waals surface area (Å²) >= 11 is 0. The van der Waals surface area contributed by atoms with Gasteiger partial charge in [-0.05, 0) is 6.42 Å². The molecule has 0 saturated carbocycles. The van der Waals surface area contributed by atoms with Crippen LogP contribution in [0.25, 0.3) is 0 Å². The van der Waals surface area contributed by atoms with Gasteiger partial charge in [0.15, 0.2) is 0 Å². The first-order valence-electron chi connectivity index (χ1n) is 4.71. The minimum absolute atomic E-state index is 0.221. The molecule has 1 aliphatic rings. The summed E-state index contributed by atoms with van der Waals surface area (Å²) in [6.45, 7) is 8.44. The molecular formula is C10H18N2. The van der Waals surface area contributed by atoms with Crippen LogP contribution >= 0.6 is 0 Å². The molecule has 0 unspecified atom stereocenters. The average Bonchev–Trinajstić information content (AvgIpc) is 2.06. The lowest BCUT2D eigenvalue weighted by Gasteiger charge is -2.25. The molecule has 0 bridgehead atoms. The summed E-state index contributed by atoms with van der Waals surface area (Å²) < 4.78 is 0. The molecule has 0 N–H and O–H groups in total. The lowest BCUT2D eigenvalue weighted by Crippen LogP contribution is -2.27. The summed E-state index contributed by atoms with van der Waals surface area (Å²) in [4.78, 5) is 8.74. The van der Waals surface area contributed by atoms with Gasteiger partial charge < -0.3 is 0 Å². The minimum Gasteiger partial charge on any atom is -0.289 e. The van der Waals surface area contributed by atoms with Crippen LogP contribution < -0.4 is 0 Å². The zero-order valence-corrected chi connectivity index (χ0v) is 8.30. The monoisotopic (exact) mass is 166 g/mol. The molecule has 0 saturated heterocycles. The van der Waals surface area contributed by atoms with Gasteiger partial charge in [-0.25, -0.2) is 0 Å². The Kier molecular flexibility index (Phi) is 3.01. The number of hydrogen-bond donors (Lipinski definition) is 0. The fraction of sp³-hybridized carbons (Fsp3) is 0.800. The topological polar surface area (TPSA) is 24.7 Å². The minimum atomic E-state index is 0.221. The normalized spacial score (nSPS) is 17.8. The lowest BCUT2D eigenvalue weighted by molar-refractivity contribution is 0.471. The maximum Gasteiger partial charge on any atom is 0.0589 e. The van der Waals surface area contributed by atoms with Gasteiger partial charge in [0.05, 0.1) is 18.8 Å². The number of aliphatic imine (C=N–C) groups is 2. The molecule has 0 aromatic rings. The first kappa shape index (κ1) is 9.43. The van der Waals surface area contributed by atoms with E-state index in [1.165, 1.54) is 18.6 Å². The van der Waals surface area contributed by atoms with Crippen molar-refractivity contribution in [2.75, 3.05) is 13.1 Å². The highest BCUT2D eigenvalue weighted by Crippen LogP contribution is 2.24. The Balaban J connectivity index is 2.66. The molecule has 1 rings (SSSR count). The third-order valence-electron chi connectivity index (χ3n) is 2.29. The molecule has 0 amide bonds. The predicted molar refractivity (Wildman–Crippen MR) is 54.4 cm³/mol. The van der Waals surface area contributed by atoms with E-state index in [0.717, 1.165) is 13.1 Å². The molecule has 2 heteroatoms. The molecule has 0 aromatic heterocycles. The van der Waals surface area contributed by atoms with Gasteiger partial charge in [0.1, 0.15) is 0 Å². The molecule has 0 radical (unpaired) electrons. The first-order chi connectivity index (χ1) is 5.67. The third kappa shape index (κ3) is 2.16. The summed E-state index contributed by atoms with van der Waals surface area (Å²) in [5, 5.41) is 0. The summed E-state index contributed by atoms with van der Waals surface area (Å²) in [5.41, 5.74) is 1.40. The highest BCUT2D eigenvalue weighted by atomic mass is 14.9. The van der Waals surface area contributed by atoms with Crippen LogP contribution in [0.1, 0.15) is 33.6 Å². The van der Waals surface area contributed by atoms with Crippen molar-refractivity contribution in [3.05, 3.63) is 0 Å². The van der Waals surface area contributed by atoms with Crippen LogP contribution in [-0.2, 0) is 0 Å². The molecule has 2 nitrogen and oxygen atoms in total. The zero-order chi connectivity index (χ0) is 9.03. The van der Waals surface area contributed by atoms with Gasteiger partial charge in [0.2, 0.25) is 0 Å². The van der Waals surface area contributed by atoms with Gasteiger partial charge in [-0.3, -0.25) is 9.98 Å². The van der Waals surface area contributed by atoms with Crippen molar-refractivity contribution in [3.8, 4) is 0 Å². The molecule has 0 aromatic carbocycles. The van der Waals surface area contributed by atoms with Gasteiger partial charge in [-0.2, -0.15) is 0 Å². The standard InChI is InChI=1S/C10H18N2/c1-4-5-10(2,3)9-8-11-6-7-12-9/h8H,4-7H2,1-3H3. The van der Waals surface area contributed by atoms with Crippen LogP contribution in [-0.4, -0.2) is 25.0 Å². The van der Waals surface area contributed by atoms with E-state index in [1.807, 2.05) is 6.21 Å². The Hall–Kier alpha value is -0.660. The van der Waals surface area contributed by atoms with Gasteiger partial charge in [-0.15, -0.1) is 0 Å². The predicted octanol–water partition coefficient (Wildman–Crippen LogP) is 2.34. The Bertz CT molecular complexity index is 202. The van der Waals surface area contributed by atoms with Crippen molar-refractivity contribution in [2.45, 2.75) is 33.6 Å². The van der Waals surface area contributed by atoms with Crippen LogP contribution in [0.2, 0.25) is 0 Å². The van der Waals surface area contributed by atoms with E-state index in [-0.39, 0.29) is 5.41 Å². The van der Waals surface area contributed by atoms with Crippen molar-refractivity contribution in [3.63, 3.8) is 0 Å². The second-order valence-corrected chi connectivity index (χ2v) is 3.94. The molecule has 0 fully saturated rings. The van der Waals surface area contributed by atoms with E-state index >= 15 is 0 Å². The van der Waals surface area contributed by atoms with Gasteiger partial charge in [0.25, 0.3) is 0 Å². The molecule has 1 heterocycles. The zero-order valence-electron chi connectivity index (χ0n) is 8.30. The molecule has 0 atom stereocenters. The molecule has 0 aliphatic carbocycles. The molecule has 1 aliphatic heterocycles. The SMILES string of the molecule is CCCC(C)(C)C1=NCCN=C1. The first-order valence-corrected chi connectivity index (χ1v) is 4.71. The lowest BCUT2D eigenvalue weighted by atomic mass is 9.83. The number of nitrogens with zero attached hydrogens (tertiary/aromatic N) is 2. The Morgan fingerprint density at radius 3 is 2.67 bits per heavy atom. The highest BCUT2D eigenvalue weighted by molar-refractivity contribution is 6.33. The quantitative estimate of drug-likeness (QED) is 0.615. The van der Waals surface area contributed by atoms with Gasteiger partial charge in [0, 0.05) is 11.6 Å². The highest BCUT2D eigenvalue weighted by Gasteiger charge is 2.23. The van der Waals surface area contributed by atoms with Crippen molar-refractivity contribution >= 4 is 11.9 Å². The molecule has 0 spiro atoms. The van der Waals surface area contributed by atoms with Crippen LogP contribution in [0.5, 0.6) is 0 Å². The smallest absolute Gasteiger partial charge is 0.0589 e. The van der Waals surface area contributed by atoms with Crippen molar-refractivity contribution < 1.29 is 0 Å². The molecule has 12 heavy (non-hydrogen) atoms. The Morgan fingerprint density at radius 1 is 1.42 bits per heavy atom. The maximum absolute atomic E-state index is 4.49. The summed E-state index contributed by atoms with van der Waals surface area (Å²) in [6, 6.07) is 0. The van der Waals surface area contributed by atoms with Crippen molar-refractivity contribution in [1.29, 1.82) is 0 Å². The van der Waals surface area contributed by atoms with Crippen molar-refractivity contribution in [1.82, 2.24) is 0 Å². The second-order valence-electron chi connectivity index (χ2n) is 3.94. The fourth-order valence-electron chi connectivity index (χ4n) is 1.56. The van der Waals surface area contributed by atoms with E-state index in [2.05, 4.69) is 30.8 Å². The average molecular weight is 166 g/mol. The van der Waals surface area contributed by atoms with E-state index < -0.39 is 0 Å². The Morgan fingerprint density at radius 2 is 2.17 bits per heavy atom. The second kappa shape index (κ2) is 3.83. The van der Waals surface area contributed by atoms with E-state index in [0.29, 0.717) is 0 Å². The van der Waals surface area contributed by atoms with Crippen LogP contribution in [0.4, 0.5) is 0 Å². The number of hydrogen-bond acceptors (Lipinski definition) is 2. The van der Waals surface area contributed by atoms with Gasteiger partial charge in [-0.1, -0.05) is 27.2 Å². The Labute approximate surface area is 74.8 Å². The van der Waals surface area contributed by atoms with E-state index in [9.17, 15) is 0 Å². The van der Waals surface area contributed by atoms with Crippen LogP contribution in [0, 0.1) is 5.41 Å². The third-order valence-corrected chi connectivity index (χ3v) is 2.29. The summed E-state index contributed by atoms with van der Waals surface area (Å²) in [5.74, 6) is 0. The molecular weight excluding hydrogens is 148 g/mol. The van der Waals surface area contributed by atoms with Crippen molar-refractivity contribution in [2.24, 2.45) is 15.4 Å². The van der Waals surface area contributed by atoms with E-state index in [1.54, 1.807) is 0 Å². The maximum atomic E-state index is 4.49. The summed E-state index contributed by atoms with van der Waals surface area (Å²) in [6.07, 6.45) is 4.34. The fourth-order valence-corrected chi connectivity index (χ4v) is 1.56.